The van der Waals surface area contributed by atoms with Crippen molar-refractivity contribution in [3.05, 3.63) is 42.2 Å². The van der Waals surface area contributed by atoms with Crippen LogP contribution in [0.25, 0.3) is 11.3 Å². The SMILES string of the molecule is COc1c(Nc2nc(NC(=O)[C@H]3CC3(F)F)ncc2C(N)=O)cccc1-c1ccn(C)n1. The van der Waals surface area contributed by atoms with E-state index in [1.807, 2.05) is 12.1 Å². The number of benzene rings is 1. The lowest BCUT2D eigenvalue weighted by Gasteiger charge is -2.15. The number of hydrogen-bond donors (Lipinski definition) is 3. The van der Waals surface area contributed by atoms with Crippen molar-refractivity contribution in [1.82, 2.24) is 19.7 Å². The maximum Gasteiger partial charge on any atom is 0.260 e. The molecule has 4 N–H and O–H groups in total. The number of anilines is 3. The molecule has 1 aliphatic carbocycles. The summed E-state index contributed by atoms with van der Waals surface area (Å²) in [6, 6.07) is 7.05. The molecule has 0 spiro atoms. The summed E-state index contributed by atoms with van der Waals surface area (Å²) in [5.41, 5.74) is 7.12. The number of aromatic nitrogens is 4. The van der Waals surface area contributed by atoms with Gasteiger partial charge in [-0.2, -0.15) is 10.1 Å². The zero-order valence-corrected chi connectivity index (χ0v) is 17.1. The van der Waals surface area contributed by atoms with E-state index in [2.05, 4.69) is 25.7 Å². The molecule has 166 valence electrons. The molecule has 2 amide bonds. The summed E-state index contributed by atoms with van der Waals surface area (Å²) < 4.78 is 33.5. The number of nitrogens with two attached hydrogens (primary N) is 1. The topological polar surface area (TPSA) is 137 Å². The Morgan fingerprint density at radius 3 is 2.66 bits per heavy atom. The van der Waals surface area contributed by atoms with Crippen LogP contribution >= 0.6 is 0 Å². The quantitative estimate of drug-likeness (QED) is 0.510. The molecule has 0 unspecified atom stereocenters. The Balaban J connectivity index is 1.67. The van der Waals surface area contributed by atoms with E-state index >= 15 is 0 Å². The Kier molecular flexibility index (Phi) is 5.20. The van der Waals surface area contributed by atoms with E-state index < -0.39 is 30.1 Å². The molecule has 2 aromatic heterocycles. The van der Waals surface area contributed by atoms with Gasteiger partial charge in [-0.15, -0.1) is 0 Å². The van der Waals surface area contributed by atoms with Crippen molar-refractivity contribution < 1.29 is 23.1 Å². The van der Waals surface area contributed by atoms with Crippen molar-refractivity contribution in [3.8, 4) is 17.0 Å². The van der Waals surface area contributed by atoms with Gasteiger partial charge >= 0.3 is 0 Å². The minimum Gasteiger partial charge on any atom is -0.494 e. The van der Waals surface area contributed by atoms with Crippen LogP contribution in [0.5, 0.6) is 5.75 Å². The first-order valence-electron chi connectivity index (χ1n) is 9.49. The van der Waals surface area contributed by atoms with Crippen molar-refractivity contribution in [2.45, 2.75) is 12.3 Å². The van der Waals surface area contributed by atoms with Gasteiger partial charge in [0, 0.05) is 31.4 Å². The van der Waals surface area contributed by atoms with Crippen LogP contribution in [0.3, 0.4) is 0 Å². The van der Waals surface area contributed by atoms with Crippen molar-refractivity contribution in [2.75, 3.05) is 17.7 Å². The molecule has 1 aromatic carbocycles. The van der Waals surface area contributed by atoms with Gasteiger partial charge in [0.05, 0.1) is 18.5 Å². The Labute approximate surface area is 180 Å². The van der Waals surface area contributed by atoms with Gasteiger partial charge in [0.15, 0.2) is 5.75 Å². The number of carbonyl (C=O) groups excluding carboxylic acids is 2. The lowest BCUT2D eigenvalue weighted by atomic mass is 10.1. The molecule has 0 radical (unpaired) electrons. The zero-order valence-electron chi connectivity index (χ0n) is 17.1. The monoisotopic (exact) mass is 443 g/mol. The summed E-state index contributed by atoms with van der Waals surface area (Å²) in [5.74, 6) is -6.03. The maximum absolute atomic E-state index is 13.2. The summed E-state index contributed by atoms with van der Waals surface area (Å²) in [5, 5.41) is 9.56. The number of halogens is 2. The summed E-state index contributed by atoms with van der Waals surface area (Å²) in [6.07, 6.45) is 2.36. The number of primary amides is 1. The highest BCUT2D eigenvalue weighted by atomic mass is 19.3. The molecule has 0 saturated heterocycles. The molecule has 0 bridgehead atoms. The molecule has 3 aromatic rings. The Bertz CT molecular complexity index is 1210. The number of ether oxygens (including phenoxy) is 1. The van der Waals surface area contributed by atoms with Crippen molar-refractivity contribution in [1.29, 1.82) is 0 Å². The molecular formula is C20H19F2N7O3. The van der Waals surface area contributed by atoms with E-state index in [1.165, 1.54) is 7.11 Å². The van der Waals surface area contributed by atoms with E-state index in [1.54, 1.807) is 30.1 Å². The molecular weight excluding hydrogens is 424 g/mol. The van der Waals surface area contributed by atoms with Crippen molar-refractivity contribution in [2.24, 2.45) is 18.7 Å². The Morgan fingerprint density at radius 2 is 2.06 bits per heavy atom. The fraction of sp³-hybridized carbons (Fsp3) is 0.250. The number of rotatable bonds is 7. The van der Waals surface area contributed by atoms with Gasteiger partial charge in [-0.3, -0.25) is 19.6 Å². The first kappa shape index (κ1) is 21.2. The number of alkyl halides is 2. The van der Waals surface area contributed by atoms with E-state index in [9.17, 15) is 18.4 Å². The number of nitrogens with zero attached hydrogens (tertiary/aromatic N) is 4. The minimum absolute atomic E-state index is 0.0261. The molecule has 4 rings (SSSR count). The van der Waals surface area contributed by atoms with Gasteiger partial charge in [0.2, 0.25) is 11.9 Å². The van der Waals surface area contributed by atoms with Crippen LogP contribution < -0.4 is 21.1 Å². The fourth-order valence-electron chi connectivity index (χ4n) is 3.16. The molecule has 1 fully saturated rings. The smallest absolute Gasteiger partial charge is 0.260 e. The van der Waals surface area contributed by atoms with E-state index in [0.717, 1.165) is 6.20 Å². The van der Waals surface area contributed by atoms with Gasteiger partial charge in [-0.25, -0.2) is 13.8 Å². The third kappa shape index (κ3) is 4.06. The molecule has 32 heavy (non-hydrogen) atoms. The van der Waals surface area contributed by atoms with Gasteiger partial charge in [0.1, 0.15) is 17.3 Å². The largest absolute Gasteiger partial charge is 0.494 e. The van der Waals surface area contributed by atoms with Crippen LogP contribution in [0, 0.1) is 5.92 Å². The number of methoxy groups -OCH3 is 1. The molecule has 1 aliphatic rings. The predicted molar refractivity (Wildman–Crippen MR) is 111 cm³/mol. The highest BCUT2D eigenvalue weighted by Gasteiger charge is 2.61. The van der Waals surface area contributed by atoms with Crippen LogP contribution in [-0.4, -0.2) is 44.6 Å². The van der Waals surface area contributed by atoms with Gasteiger partial charge < -0.3 is 15.8 Å². The van der Waals surface area contributed by atoms with Crippen molar-refractivity contribution in [3.63, 3.8) is 0 Å². The normalized spacial score (nSPS) is 16.3. The fourth-order valence-corrected chi connectivity index (χ4v) is 3.16. The van der Waals surface area contributed by atoms with Crippen LogP contribution in [0.4, 0.5) is 26.2 Å². The number of carbonyl (C=O) groups is 2. The minimum atomic E-state index is -3.03. The number of amides is 2. The molecule has 0 aliphatic heterocycles. The number of para-hydroxylation sites is 1. The molecule has 12 heteroatoms. The molecule has 1 atom stereocenters. The number of aryl methyl sites for hydroxylation is 1. The van der Waals surface area contributed by atoms with Crippen LogP contribution in [0.15, 0.2) is 36.7 Å². The van der Waals surface area contributed by atoms with Gasteiger partial charge in [-0.05, 0) is 18.2 Å². The van der Waals surface area contributed by atoms with E-state index in [0.29, 0.717) is 22.7 Å². The lowest BCUT2D eigenvalue weighted by Crippen LogP contribution is -2.21. The van der Waals surface area contributed by atoms with Crippen LogP contribution in [0.2, 0.25) is 0 Å². The second kappa shape index (κ2) is 7.87. The third-order valence-corrected chi connectivity index (χ3v) is 4.89. The summed E-state index contributed by atoms with van der Waals surface area (Å²) >= 11 is 0. The first-order valence-corrected chi connectivity index (χ1v) is 9.49. The standard InChI is InChI=1S/C20H19F2N7O3/c1-29-7-6-13(28-29)10-4-3-5-14(15(10)32-2)25-17-11(16(23)30)9-24-19(26-17)27-18(31)12-8-20(12,21)22/h3-7,9,12H,8H2,1-2H3,(H2,23,30)(H2,24,25,26,27,31)/t12-/m1/s1. The first-order chi connectivity index (χ1) is 15.2. The molecule has 2 heterocycles. The average molecular weight is 443 g/mol. The maximum atomic E-state index is 13.2. The Hall–Kier alpha value is -4.09. The summed E-state index contributed by atoms with van der Waals surface area (Å²) in [7, 11) is 3.26. The zero-order chi connectivity index (χ0) is 23.0. The second-order valence-electron chi connectivity index (χ2n) is 7.21. The molecule has 1 saturated carbocycles. The Morgan fingerprint density at radius 1 is 1.31 bits per heavy atom. The van der Waals surface area contributed by atoms with Crippen molar-refractivity contribution >= 4 is 29.3 Å². The van der Waals surface area contributed by atoms with E-state index in [4.69, 9.17) is 10.5 Å². The predicted octanol–water partition coefficient (Wildman–Crippen LogP) is 2.32. The van der Waals surface area contributed by atoms with Crippen LogP contribution in [-0.2, 0) is 11.8 Å². The third-order valence-electron chi connectivity index (χ3n) is 4.89. The average Bonchev–Trinajstić information content (AvgIpc) is 3.17. The van der Waals surface area contributed by atoms with Gasteiger partial charge in [-0.1, -0.05) is 6.07 Å². The number of nitrogens with one attached hydrogen (secondary N) is 2. The molecule has 10 nitrogen and oxygen atoms in total. The summed E-state index contributed by atoms with van der Waals surface area (Å²) in [6.45, 7) is 0. The van der Waals surface area contributed by atoms with Crippen LogP contribution in [0.1, 0.15) is 16.8 Å². The summed E-state index contributed by atoms with van der Waals surface area (Å²) in [4.78, 5) is 31.8. The number of hydrogen-bond acceptors (Lipinski definition) is 7. The lowest BCUT2D eigenvalue weighted by molar-refractivity contribution is -0.119. The highest BCUT2D eigenvalue weighted by molar-refractivity contribution is 5.99. The highest BCUT2D eigenvalue weighted by Crippen LogP contribution is 2.49. The second-order valence-corrected chi connectivity index (χ2v) is 7.21. The van der Waals surface area contributed by atoms with Gasteiger partial charge in [0.25, 0.3) is 11.8 Å². The van der Waals surface area contributed by atoms with E-state index in [-0.39, 0.29) is 17.3 Å².